The lowest BCUT2D eigenvalue weighted by Gasteiger charge is -2.40. The van der Waals surface area contributed by atoms with Crippen LogP contribution < -0.4 is 5.32 Å². The first-order valence-electron chi connectivity index (χ1n) is 6.29. The molecule has 0 amide bonds. The third kappa shape index (κ3) is 3.21. The molecule has 0 bridgehead atoms. The van der Waals surface area contributed by atoms with Crippen molar-refractivity contribution < 1.29 is 4.74 Å². The SMILES string of the molecule is COC1(C)CCCN(C(=S)Nc2ccccc2)C1. The number of benzene rings is 1. The fraction of sp³-hybridized carbons (Fsp3) is 0.500. The van der Waals surface area contributed by atoms with E-state index in [2.05, 4.69) is 17.1 Å². The van der Waals surface area contributed by atoms with Gasteiger partial charge < -0.3 is 15.0 Å². The summed E-state index contributed by atoms with van der Waals surface area (Å²) in [4.78, 5) is 2.19. The van der Waals surface area contributed by atoms with E-state index in [1.54, 1.807) is 7.11 Å². The van der Waals surface area contributed by atoms with E-state index in [4.69, 9.17) is 17.0 Å². The Bertz CT molecular complexity index is 410. The first kappa shape index (κ1) is 13.3. The number of nitrogens with zero attached hydrogens (tertiary/aromatic N) is 1. The second-order valence-electron chi connectivity index (χ2n) is 4.98. The Morgan fingerprint density at radius 2 is 2.11 bits per heavy atom. The van der Waals surface area contributed by atoms with E-state index in [-0.39, 0.29) is 5.60 Å². The van der Waals surface area contributed by atoms with Gasteiger partial charge in [-0.15, -0.1) is 0 Å². The van der Waals surface area contributed by atoms with Crippen molar-refractivity contribution >= 4 is 23.0 Å². The Hall–Kier alpha value is -1.13. The summed E-state index contributed by atoms with van der Waals surface area (Å²) in [6.45, 7) is 3.99. The molecule has 18 heavy (non-hydrogen) atoms. The molecule has 4 heteroatoms. The molecule has 0 aromatic heterocycles. The molecule has 1 heterocycles. The molecule has 1 atom stereocenters. The van der Waals surface area contributed by atoms with E-state index in [0.29, 0.717) is 0 Å². The van der Waals surface area contributed by atoms with Crippen molar-refractivity contribution in [3.8, 4) is 0 Å². The maximum Gasteiger partial charge on any atom is 0.173 e. The highest BCUT2D eigenvalue weighted by Crippen LogP contribution is 2.24. The van der Waals surface area contributed by atoms with E-state index in [1.807, 2.05) is 30.3 Å². The van der Waals surface area contributed by atoms with E-state index in [0.717, 1.165) is 36.7 Å². The van der Waals surface area contributed by atoms with Crippen LogP contribution in [0.4, 0.5) is 5.69 Å². The molecule has 0 aliphatic carbocycles. The van der Waals surface area contributed by atoms with Crippen LogP contribution >= 0.6 is 12.2 Å². The number of hydrogen-bond acceptors (Lipinski definition) is 2. The number of hydrogen-bond donors (Lipinski definition) is 1. The fourth-order valence-corrected chi connectivity index (χ4v) is 2.54. The highest BCUT2D eigenvalue weighted by Gasteiger charge is 2.31. The normalized spacial score (nSPS) is 23.8. The Kier molecular flexibility index (Phi) is 4.19. The van der Waals surface area contributed by atoms with Crippen molar-refractivity contribution in [3.63, 3.8) is 0 Å². The predicted molar refractivity (Wildman–Crippen MR) is 78.9 cm³/mol. The minimum atomic E-state index is -0.0827. The summed E-state index contributed by atoms with van der Waals surface area (Å²) in [6.07, 6.45) is 2.20. The summed E-state index contributed by atoms with van der Waals surface area (Å²) in [6, 6.07) is 10.0. The van der Waals surface area contributed by atoms with Gasteiger partial charge >= 0.3 is 0 Å². The molecule has 1 aliphatic rings. The highest BCUT2D eigenvalue weighted by molar-refractivity contribution is 7.80. The molecule has 2 rings (SSSR count). The molecule has 1 N–H and O–H groups in total. The lowest BCUT2D eigenvalue weighted by molar-refractivity contribution is -0.0343. The van der Waals surface area contributed by atoms with Crippen molar-refractivity contribution in [3.05, 3.63) is 30.3 Å². The number of para-hydroxylation sites is 1. The Morgan fingerprint density at radius 1 is 1.39 bits per heavy atom. The number of rotatable bonds is 2. The van der Waals surface area contributed by atoms with Gasteiger partial charge in [0, 0.05) is 25.9 Å². The molecule has 1 aliphatic heterocycles. The average molecular weight is 264 g/mol. The molecule has 1 unspecified atom stereocenters. The summed E-state index contributed by atoms with van der Waals surface area (Å²) in [5.74, 6) is 0. The number of nitrogens with one attached hydrogen (secondary N) is 1. The van der Waals surface area contributed by atoms with Crippen LogP contribution in [0.3, 0.4) is 0 Å². The van der Waals surface area contributed by atoms with Crippen molar-refractivity contribution in [2.75, 3.05) is 25.5 Å². The van der Waals surface area contributed by atoms with E-state index >= 15 is 0 Å². The number of ether oxygens (including phenoxy) is 1. The third-order valence-corrected chi connectivity index (χ3v) is 3.82. The van der Waals surface area contributed by atoms with Gasteiger partial charge in [0.25, 0.3) is 0 Å². The quantitative estimate of drug-likeness (QED) is 0.830. The van der Waals surface area contributed by atoms with Gasteiger partial charge in [-0.05, 0) is 44.1 Å². The first-order chi connectivity index (χ1) is 8.63. The molecule has 0 spiro atoms. The van der Waals surface area contributed by atoms with Crippen LogP contribution in [-0.2, 0) is 4.74 Å². The minimum Gasteiger partial charge on any atom is -0.377 e. The van der Waals surface area contributed by atoms with Gasteiger partial charge in [0.1, 0.15) is 0 Å². The summed E-state index contributed by atoms with van der Waals surface area (Å²) in [7, 11) is 1.77. The molecule has 0 radical (unpaired) electrons. The monoisotopic (exact) mass is 264 g/mol. The smallest absolute Gasteiger partial charge is 0.173 e. The summed E-state index contributed by atoms with van der Waals surface area (Å²) >= 11 is 5.47. The Labute approximate surface area is 114 Å². The first-order valence-corrected chi connectivity index (χ1v) is 6.70. The summed E-state index contributed by atoms with van der Waals surface area (Å²) in [5, 5.41) is 4.06. The highest BCUT2D eigenvalue weighted by atomic mass is 32.1. The van der Waals surface area contributed by atoms with Crippen LogP contribution in [0.1, 0.15) is 19.8 Å². The van der Waals surface area contributed by atoms with Gasteiger partial charge in [-0.25, -0.2) is 0 Å². The molecule has 1 fully saturated rings. The van der Waals surface area contributed by atoms with E-state index in [1.165, 1.54) is 0 Å². The second-order valence-corrected chi connectivity index (χ2v) is 5.36. The summed E-state index contributed by atoms with van der Waals surface area (Å²) < 4.78 is 5.58. The number of thiocarbonyl (C=S) groups is 1. The fourth-order valence-electron chi connectivity index (χ4n) is 2.27. The lowest BCUT2D eigenvalue weighted by Crippen LogP contribution is -2.50. The lowest BCUT2D eigenvalue weighted by atomic mass is 9.95. The third-order valence-electron chi connectivity index (χ3n) is 3.46. The topological polar surface area (TPSA) is 24.5 Å². The number of piperidine rings is 1. The molecular weight excluding hydrogens is 244 g/mol. The van der Waals surface area contributed by atoms with Crippen molar-refractivity contribution in [1.29, 1.82) is 0 Å². The predicted octanol–water partition coefficient (Wildman–Crippen LogP) is 2.88. The van der Waals surface area contributed by atoms with E-state index in [9.17, 15) is 0 Å². The maximum absolute atomic E-state index is 5.58. The number of anilines is 1. The van der Waals surface area contributed by atoms with E-state index < -0.39 is 0 Å². The standard InChI is InChI=1S/C14H20N2OS/c1-14(17-2)9-6-10-16(11-14)13(18)15-12-7-4-3-5-8-12/h3-5,7-8H,6,9-11H2,1-2H3,(H,15,18). The van der Waals surface area contributed by atoms with Gasteiger partial charge in [0.15, 0.2) is 5.11 Å². The number of methoxy groups -OCH3 is 1. The van der Waals surface area contributed by atoms with Gasteiger partial charge in [0.2, 0.25) is 0 Å². The molecule has 1 aromatic rings. The molecule has 1 saturated heterocycles. The molecule has 1 aromatic carbocycles. The van der Waals surface area contributed by atoms with Crippen LogP contribution in [0.2, 0.25) is 0 Å². The maximum atomic E-state index is 5.58. The van der Waals surface area contributed by atoms with Crippen LogP contribution in [0.25, 0.3) is 0 Å². The van der Waals surface area contributed by atoms with Gasteiger partial charge in [-0.1, -0.05) is 18.2 Å². The molecule has 0 saturated carbocycles. The van der Waals surface area contributed by atoms with Crippen LogP contribution in [0.15, 0.2) is 30.3 Å². The zero-order chi connectivity index (χ0) is 13.0. The van der Waals surface area contributed by atoms with Crippen molar-refractivity contribution in [2.45, 2.75) is 25.4 Å². The largest absolute Gasteiger partial charge is 0.377 e. The Balaban J connectivity index is 1.97. The van der Waals surface area contributed by atoms with Gasteiger partial charge in [-0.3, -0.25) is 0 Å². The van der Waals surface area contributed by atoms with Crippen LogP contribution in [0.5, 0.6) is 0 Å². The molecule has 3 nitrogen and oxygen atoms in total. The number of likely N-dealkylation sites (tertiary alicyclic amines) is 1. The van der Waals surface area contributed by atoms with Crippen molar-refractivity contribution in [2.24, 2.45) is 0 Å². The second kappa shape index (κ2) is 5.67. The van der Waals surface area contributed by atoms with Crippen LogP contribution in [-0.4, -0.2) is 35.8 Å². The minimum absolute atomic E-state index is 0.0827. The van der Waals surface area contributed by atoms with Crippen LogP contribution in [0, 0.1) is 0 Å². The molecule has 98 valence electrons. The van der Waals surface area contributed by atoms with Crippen molar-refractivity contribution in [1.82, 2.24) is 4.90 Å². The zero-order valence-corrected chi connectivity index (χ0v) is 11.8. The van der Waals surface area contributed by atoms with Gasteiger partial charge in [-0.2, -0.15) is 0 Å². The average Bonchev–Trinajstić information content (AvgIpc) is 2.40. The summed E-state index contributed by atoms with van der Waals surface area (Å²) in [5.41, 5.74) is 0.952. The van der Waals surface area contributed by atoms with Gasteiger partial charge in [0.05, 0.1) is 5.60 Å². The zero-order valence-electron chi connectivity index (χ0n) is 11.0. The molecular formula is C14H20N2OS. The Morgan fingerprint density at radius 3 is 2.78 bits per heavy atom.